The maximum Gasteiger partial charge on any atom is 0.239 e. The minimum Gasteiger partial charge on any atom is -0.263 e. The molecule has 0 spiro atoms. The Bertz CT molecular complexity index is 452. The number of hydrogen-bond acceptors (Lipinski definition) is 3. The lowest BCUT2D eigenvalue weighted by atomic mass is 9.83. The Hall–Kier alpha value is -0.940. The van der Waals surface area contributed by atoms with E-state index >= 15 is 0 Å². The Labute approximate surface area is 90.6 Å². The first-order valence-electron chi connectivity index (χ1n) is 4.75. The molecule has 0 radical (unpaired) electrons. The summed E-state index contributed by atoms with van der Waals surface area (Å²) >= 11 is 0. The number of sulfonamides is 1. The van der Waals surface area contributed by atoms with Gasteiger partial charge >= 0.3 is 0 Å². The van der Waals surface area contributed by atoms with Gasteiger partial charge in [0.2, 0.25) is 10.0 Å². The van der Waals surface area contributed by atoms with Gasteiger partial charge in [-0.05, 0) is 23.5 Å². The van der Waals surface area contributed by atoms with Crippen LogP contribution in [0, 0.1) is 0 Å². The Morgan fingerprint density at radius 1 is 1.40 bits per heavy atom. The van der Waals surface area contributed by atoms with Crippen LogP contribution in [0.3, 0.4) is 0 Å². The molecule has 15 heavy (non-hydrogen) atoms. The number of hydrogen-bond donors (Lipinski definition) is 1. The first-order chi connectivity index (χ1) is 6.77. The Morgan fingerprint density at radius 3 is 2.47 bits per heavy atom. The quantitative estimate of drug-likeness (QED) is 0.850. The van der Waals surface area contributed by atoms with Crippen LogP contribution < -0.4 is 5.14 Å². The van der Waals surface area contributed by atoms with Crippen LogP contribution in [-0.2, 0) is 15.4 Å². The summed E-state index contributed by atoms with van der Waals surface area (Å²) in [5.41, 5.74) is 0.796. The van der Waals surface area contributed by atoms with Crippen LogP contribution in [0.4, 0.5) is 0 Å². The minimum absolute atomic E-state index is 0.0709. The lowest BCUT2D eigenvalue weighted by Crippen LogP contribution is -2.18. The van der Waals surface area contributed by atoms with Crippen molar-refractivity contribution in [3.05, 3.63) is 24.0 Å². The molecule has 0 amide bonds. The van der Waals surface area contributed by atoms with E-state index in [1.165, 1.54) is 6.20 Å². The van der Waals surface area contributed by atoms with Gasteiger partial charge in [0.15, 0.2) is 0 Å². The molecule has 0 aliphatic rings. The Kier molecular flexibility index (Phi) is 3.16. The Morgan fingerprint density at radius 2 is 2.00 bits per heavy atom. The number of nitrogens with two attached hydrogens (primary N) is 1. The fourth-order valence-corrected chi connectivity index (χ4v) is 1.65. The molecular weight excluding hydrogens is 212 g/mol. The number of pyridine rings is 1. The summed E-state index contributed by atoms with van der Waals surface area (Å²) < 4.78 is 22.3. The van der Waals surface area contributed by atoms with Crippen molar-refractivity contribution < 1.29 is 8.42 Å². The highest BCUT2D eigenvalue weighted by Crippen LogP contribution is 2.26. The van der Waals surface area contributed by atoms with Crippen LogP contribution in [-0.4, -0.2) is 13.4 Å². The average molecular weight is 228 g/mol. The molecule has 84 valence electrons. The largest absolute Gasteiger partial charge is 0.263 e. The highest BCUT2D eigenvalue weighted by atomic mass is 32.2. The SMILES string of the molecule is CCC(C)(C)c1cncc(S(N)(=O)=O)c1. The molecule has 0 fully saturated rings. The van der Waals surface area contributed by atoms with Crippen molar-refractivity contribution in [3.8, 4) is 0 Å². The molecule has 0 atom stereocenters. The summed E-state index contributed by atoms with van der Waals surface area (Å²) in [6, 6.07) is 1.59. The topological polar surface area (TPSA) is 73.0 Å². The molecule has 1 heterocycles. The lowest BCUT2D eigenvalue weighted by Gasteiger charge is -2.22. The van der Waals surface area contributed by atoms with Crippen molar-refractivity contribution in [1.29, 1.82) is 0 Å². The predicted octanol–water partition coefficient (Wildman–Crippen LogP) is 1.42. The van der Waals surface area contributed by atoms with Gasteiger partial charge in [-0.15, -0.1) is 0 Å². The average Bonchev–Trinajstić information content (AvgIpc) is 2.17. The molecule has 0 bridgehead atoms. The van der Waals surface area contributed by atoms with Gasteiger partial charge < -0.3 is 0 Å². The second kappa shape index (κ2) is 3.90. The van der Waals surface area contributed by atoms with E-state index in [9.17, 15) is 8.42 Å². The predicted molar refractivity (Wildman–Crippen MR) is 58.9 cm³/mol. The van der Waals surface area contributed by atoms with E-state index < -0.39 is 10.0 Å². The molecule has 2 N–H and O–H groups in total. The van der Waals surface area contributed by atoms with E-state index in [1.54, 1.807) is 12.3 Å². The van der Waals surface area contributed by atoms with Crippen molar-refractivity contribution in [2.24, 2.45) is 5.14 Å². The van der Waals surface area contributed by atoms with E-state index in [0.29, 0.717) is 0 Å². The smallest absolute Gasteiger partial charge is 0.239 e. The number of primary sulfonamides is 1. The summed E-state index contributed by atoms with van der Waals surface area (Å²) in [4.78, 5) is 3.98. The van der Waals surface area contributed by atoms with Crippen molar-refractivity contribution in [2.75, 3.05) is 0 Å². The number of rotatable bonds is 3. The van der Waals surface area contributed by atoms with Gasteiger partial charge in [0, 0.05) is 12.4 Å². The molecule has 1 aromatic heterocycles. The van der Waals surface area contributed by atoms with Gasteiger partial charge in [-0.2, -0.15) is 0 Å². The normalized spacial score (nSPS) is 12.8. The molecule has 1 aromatic rings. The van der Waals surface area contributed by atoms with Gasteiger partial charge in [0.1, 0.15) is 4.90 Å². The van der Waals surface area contributed by atoms with Crippen LogP contribution in [0.25, 0.3) is 0 Å². The first-order valence-corrected chi connectivity index (χ1v) is 6.30. The Balaban J connectivity index is 3.26. The van der Waals surface area contributed by atoms with E-state index in [4.69, 9.17) is 5.14 Å². The molecular formula is C10H16N2O2S. The molecule has 0 aromatic carbocycles. The molecule has 1 rings (SSSR count). The maximum absolute atomic E-state index is 11.1. The van der Waals surface area contributed by atoms with Crippen molar-refractivity contribution in [3.63, 3.8) is 0 Å². The highest BCUT2D eigenvalue weighted by Gasteiger charge is 2.20. The zero-order chi connectivity index (χ0) is 11.7. The molecule has 5 heteroatoms. The summed E-state index contributed by atoms with van der Waals surface area (Å²) in [5.74, 6) is 0. The van der Waals surface area contributed by atoms with E-state index in [2.05, 4.69) is 4.98 Å². The van der Waals surface area contributed by atoms with Crippen LogP contribution >= 0.6 is 0 Å². The fraction of sp³-hybridized carbons (Fsp3) is 0.500. The molecule has 0 aliphatic heterocycles. The number of nitrogens with zero attached hydrogens (tertiary/aromatic N) is 1. The number of aromatic nitrogens is 1. The lowest BCUT2D eigenvalue weighted by molar-refractivity contribution is 0.502. The van der Waals surface area contributed by atoms with Crippen LogP contribution in [0.1, 0.15) is 32.8 Å². The van der Waals surface area contributed by atoms with Crippen LogP contribution in [0.5, 0.6) is 0 Å². The second-order valence-electron chi connectivity index (χ2n) is 4.19. The van der Waals surface area contributed by atoms with Gasteiger partial charge in [0.05, 0.1) is 0 Å². The first kappa shape index (κ1) is 12.1. The summed E-state index contributed by atoms with van der Waals surface area (Å²) in [6.45, 7) is 6.12. The molecule has 0 aliphatic carbocycles. The molecule has 0 unspecified atom stereocenters. The third-order valence-corrected chi connectivity index (χ3v) is 3.59. The van der Waals surface area contributed by atoms with Crippen molar-refractivity contribution in [2.45, 2.75) is 37.5 Å². The van der Waals surface area contributed by atoms with E-state index in [0.717, 1.165) is 12.0 Å². The summed E-state index contributed by atoms with van der Waals surface area (Å²) in [5, 5.41) is 5.04. The second-order valence-corrected chi connectivity index (χ2v) is 5.75. The third kappa shape index (κ3) is 2.76. The van der Waals surface area contributed by atoms with Gasteiger partial charge in [-0.25, -0.2) is 13.6 Å². The standard InChI is InChI=1S/C10H16N2O2S/c1-4-10(2,3)8-5-9(7-12-6-8)15(11,13)14/h5-7H,4H2,1-3H3,(H2,11,13,14). The minimum atomic E-state index is -3.66. The molecule has 4 nitrogen and oxygen atoms in total. The molecule has 0 saturated carbocycles. The monoisotopic (exact) mass is 228 g/mol. The van der Waals surface area contributed by atoms with E-state index in [1.807, 2.05) is 20.8 Å². The van der Waals surface area contributed by atoms with E-state index in [-0.39, 0.29) is 10.3 Å². The zero-order valence-corrected chi connectivity index (χ0v) is 10.0. The van der Waals surface area contributed by atoms with Gasteiger partial charge in [-0.1, -0.05) is 20.8 Å². The fourth-order valence-electron chi connectivity index (χ4n) is 1.15. The van der Waals surface area contributed by atoms with Gasteiger partial charge in [-0.3, -0.25) is 4.98 Å². The summed E-state index contributed by atoms with van der Waals surface area (Å²) in [7, 11) is -3.66. The highest BCUT2D eigenvalue weighted by molar-refractivity contribution is 7.89. The zero-order valence-electron chi connectivity index (χ0n) is 9.19. The summed E-state index contributed by atoms with van der Waals surface area (Å²) in [6.07, 6.45) is 3.85. The van der Waals surface area contributed by atoms with Gasteiger partial charge in [0.25, 0.3) is 0 Å². The third-order valence-electron chi connectivity index (χ3n) is 2.71. The maximum atomic E-state index is 11.1. The van der Waals surface area contributed by atoms with Crippen LogP contribution in [0.2, 0.25) is 0 Å². The van der Waals surface area contributed by atoms with Crippen molar-refractivity contribution in [1.82, 2.24) is 4.98 Å². The molecule has 0 saturated heterocycles. The van der Waals surface area contributed by atoms with Crippen molar-refractivity contribution >= 4 is 10.0 Å². The van der Waals surface area contributed by atoms with Crippen LogP contribution in [0.15, 0.2) is 23.4 Å².